The fourth-order valence-electron chi connectivity index (χ4n) is 5.34. The van der Waals surface area contributed by atoms with Crippen molar-refractivity contribution in [2.75, 3.05) is 6.61 Å². The van der Waals surface area contributed by atoms with E-state index < -0.39 is 44.0 Å². The first-order valence-corrected chi connectivity index (χ1v) is 14.2. The molecule has 178 valence electrons. The summed E-state index contributed by atoms with van der Waals surface area (Å²) in [6.07, 6.45) is -1.39. The summed E-state index contributed by atoms with van der Waals surface area (Å²) in [5.41, 5.74) is 0.779. The van der Waals surface area contributed by atoms with Gasteiger partial charge in [-0.3, -0.25) is 19.1 Å². The first kappa shape index (κ1) is 24.9. The molecule has 10 heteroatoms. The van der Waals surface area contributed by atoms with E-state index in [4.69, 9.17) is 13.9 Å². The molecule has 0 bridgehead atoms. The number of nitrogens with one attached hydrogen (secondary N) is 1. The van der Waals surface area contributed by atoms with Gasteiger partial charge in [0.2, 0.25) is 0 Å². The van der Waals surface area contributed by atoms with Gasteiger partial charge >= 0.3 is 11.7 Å². The summed E-state index contributed by atoms with van der Waals surface area (Å²) in [6.45, 7) is 14.9. The van der Waals surface area contributed by atoms with E-state index in [9.17, 15) is 14.4 Å². The van der Waals surface area contributed by atoms with E-state index in [1.807, 2.05) is 0 Å². The molecule has 8 nitrogen and oxygen atoms in total. The Kier molecular flexibility index (Phi) is 7.48. The van der Waals surface area contributed by atoms with Gasteiger partial charge in [0, 0.05) is 13.3 Å². The molecule has 32 heavy (non-hydrogen) atoms. The maximum Gasteiger partial charge on any atom is 0.331 e. The molecule has 0 aromatic carbocycles. The molecule has 3 rings (SSSR count). The molecule has 1 saturated heterocycles. The van der Waals surface area contributed by atoms with Crippen molar-refractivity contribution in [3.05, 3.63) is 32.3 Å². The topological polar surface area (TPSA) is 99.6 Å². The number of aromatic amines is 1. The summed E-state index contributed by atoms with van der Waals surface area (Å²) in [6, 6.07) is 1.74. The quantitative estimate of drug-likeness (QED) is 0.448. The summed E-state index contributed by atoms with van der Waals surface area (Å²) in [7, 11) is -2.15. The van der Waals surface area contributed by atoms with Gasteiger partial charge in [-0.25, -0.2) is 4.79 Å². The van der Waals surface area contributed by atoms with Crippen LogP contribution in [0.1, 0.15) is 61.1 Å². The third-order valence-corrected chi connectivity index (χ3v) is 13.5. The maximum absolute atomic E-state index is 12.7. The molecule has 0 radical (unpaired) electrons. The van der Waals surface area contributed by atoms with Crippen molar-refractivity contribution in [1.82, 2.24) is 9.55 Å². The standard InChI is InChI=1S/C22H34N2O6SSi/c1-12(2)32(13(3)4,14(5)6)28-11-18-17(29-15(7)25)10-19(30-18)24-16-8-9-31-20(16)21(26)23-22(24)27/h8-9,12-14,17-19H,10-11H2,1-7H3,(H,23,26,27)/t17-,18+,19+/m0/s1. The van der Waals surface area contributed by atoms with E-state index in [0.717, 1.165) is 0 Å². The molecule has 1 fully saturated rings. The minimum Gasteiger partial charge on any atom is -0.460 e. The molecule has 3 atom stereocenters. The molecular weight excluding hydrogens is 448 g/mol. The largest absolute Gasteiger partial charge is 0.460 e. The van der Waals surface area contributed by atoms with Gasteiger partial charge in [-0.2, -0.15) is 0 Å². The number of fused-ring (bicyclic) bond motifs is 1. The van der Waals surface area contributed by atoms with E-state index in [1.165, 1.54) is 22.8 Å². The fraction of sp³-hybridized carbons (Fsp3) is 0.682. The highest BCUT2D eigenvalue weighted by Gasteiger charge is 2.47. The molecular formula is C22H34N2O6SSi. The van der Waals surface area contributed by atoms with Crippen molar-refractivity contribution in [3.8, 4) is 0 Å². The third kappa shape index (κ3) is 4.50. The Morgan fingerprint density at radius 1 is 1.22 bits per heavy atom. The van der Waals surface area contributed by atoms with E-state index in [1.54, 1.807) is 11.4 Å². The Morgan fingerprint density at radius 2 is 1.84 bits per heavy atom. The van der Waals surface area contributed by atoms with Crippen molar-refractivity contribution < 1.29 is 18.7 Å². The van der Waals surface area contributed by atoms with Crippen molar-refractivity contribution in [2.24, 2.45) is 0 Å². The van der Waals surface area contributed by atoms with Gasteiger partial charge in [0.05, 0.1) is 12.1 Å². The first-order chi connectivity index (χ1) is 15.0. The smallest absolute Gasteiger partial charge is 0.331 e. The first-order valence-electron chi connectivity index (χ1n) is 11.2. The molecule has 0 amide bonds. The van der Waals surface area contributed by atoms with Crippen LogP contribution in [0.5, 0.6) is 0 Å². The van der Waals surface area contributed by atoms with Crippen LogP contribution >= 0.6 is 11.3 Å². The van der Waals surface area contributed by atoms with E-state index >= 15 is 0 Å². The van der Waals surface area contributed by atoms with Crippen LogP contribution in [-0.2, 0) is 18.7 Å². The zero-order valence-electron chi connectivity index (χ0n) is 19.8. The van der Waals surface area contributed by atoms with E-state index in [2.05, 4.69) is 46.5 Å². The zero-order valence-corrected chi connectivity index (χ0v) is 21.7. The normalized spacial score (nSPS) is 21.9. The Labute approximate surface area is 193 Å². The van der Waals surface area contributed by atoms with E-state index in [0.29, 0.717) is 39.9 Å². The number of aromatic nitrogens is 2. The summed E-state index contributed by atoms with van der Waals surface area (Å²) in [5.74, 6) is -0.404. The van der Waals surface area contributed by atoms with Gasteiger partial charge in [0.15, 0.2) is 8.32 Å². The monoisotopic (exact) mass is 482 g/mol. The Hall–Kier alpha value is -1.75. The molecule has 1 aliphatic rings. The van der Waals surface area contributed by atoms with Crippen LogP contribution in [0.4, 0.5) is 0 Å². The molecule has 1 aliphatic heterocycles. The number of nitrogens with zero attached hydrogens (tertiary/aromatic N) is 1. The minimum absolute atomic E-state index is 0.292. The van der Waals surface area contributed by atoms with Gasteiger partial charge in [0.1, 0.15) is 23.1 Å². The van der Waals surface area contributed by atoms with Crippen LogP contribution in [0.15, 0.2) is 21.0 Å². The number of carbonyl (C=O) groups is 1. The highest BCUT2D eigenvalue weighted by atomic mass is 32.1. The van der Waals surface area contributed by atoms with Crippen molar-refractivity contribution in [3.63, 3.8) is 0 Å². The number of hydrogen-bond acceptors (Lipinski definition) is 7. The number of rotatable bonds is 8. The molecule has 1 N–H and O–H groups in total. The van der Waals surface area contributed by atoms with E-state index in [-0.39, 0.29) is 0 Å². The average Bonchev–Trinajstić information content (AvgIpc) is 3.29. The molecule has 0 spiro atoms. The Balaban J connectivity index is 1.92. The molecule has 0 saturated carbocycles. The van der Waals surface area contributed by atoms with Gasteiger partial charge in [-0.05, 0) is 28.1 Å². The lowest BCUT2D eigenvalue weighted by Crippen LogP contribution is -2.50. The predicted octanol–water partition coefficient (Wildman–Crippen LogP) is 4.16. The van der Waals surface area contributed by atoms with Crippen molar-refractivity contribution in [1.29, 1.82) is 0 Å². The lowest BCUT2D eigenvalue weighted by molar-refractivity contribution is -0.150. The summed E-state index contributed by atoms with van der Waals surface area (Å²) in [5, 5.41) is 1.77. The number of ether oxygens (including phenoxy) is 2. The highest BCUT2D eigenvalue weighted by Crippen LogP contribution is 2.43. The number of esters is 1. The number of carbonyl (C=O) groups excluding carboxylic acids is 1. The maximum atomic E-state index is 12.7. The van der Waals surface area contributed by atoms with Crippen molar-refractivity contribution in [2.45, 2.75) is 89.9 Å². The lowest BCUT2D eigenvalue weighted by atomic mass is 10.2. The Bertz CT molecular complexity index is 1050. The highest BCUT2D eigenvalue weighted by molar-refractivity contribution is 7.17. The molecule has 0 unspecified atom stereocenters. The second-order valence-electron chi connectivity index (χ2n) is 9.41. The van der Waals surface area contributed by atoms with Crippen LogP contribution in [-0.4, -0.2) is 42.7 Å². The van der Waals surface area contributed by atoms with Gasteiger partial charge in [-0.15, -0.1) is 11.3 Å². The van der Waals surface area contributed by atoms with Crippen LogP contribution in [0.3, 0.4) is 0 Å². The number of H-pyrrole nitrogens is 1. The SMILES string of the molecule is CC(=O)O[C@H]1C[C@H](n2c(=O)[nH]c(=O)c3sccc32)O[C@@H]1CO[Si](C(C)C)(C(C)C)C(C)C. The number of hydrogen-bond donors (Lipinski definition) is 1. The van der Waals surface area contributed by atoms with Crippen LogP contribution in [0, 0.1) is 0 Å². The minimum atomic E-state index is -2.15. The van der Waals surface area contributed by atoms with Crippen molar-refractivity contribution >= 4 is 35.8 Å². The Morgan fingerprint density at radius 3 is 2.41 bits per heavy atom. The fourth-order valence-corrected chi connectivity index (χ4v) is 11.6. The van der Waals surface area contributed by atoms with Gasteiger partial charge in [-0.1, -0.05) is 41.5 Å². The average molecular weight is 483 g/mol. The summed E-state index contributed by atoms with van der Waals surface area (Å²) in [4.78, 5) is 38.9. The van der Waals surface area contributed by atoms with Gasteiger partial charge in [0.25, 0.3) is 5.56 Å². The summed E-state index contributed by atoms with van der Waals surface area (Å²) >= 11 is 1.27. The van der Waals surface area contributed by atoms with Crippen LogP contribution < -0.4 is 11.2 Å². The van der Waals surface area contributed by atoms with Crippen LogP contribution in [0.2, 0.25) is 16.6 Å². The molecule has 0 aliphatic carbocycles. The predicted molar refractivity (Wildman–Crippen MR) is 128 cm³/mol. The second kappa shape index (κ2) is 9.62. The molecule has 2 aromatic rings. The van der Waals surface area contributed by atoms with Crippen LogP contribution in [0.25, 0.3) is 10.2 Å². The number of thiophene rings is 1. The lowest BCUT2D eigenvalue weighted by Gasteiger charge is -2.42. The third-order valence-electron chi connectivity index (χ3n) is 6.54. The molecule has 2 aromatic heterocycles. The second-order valence-corrected chi connectivity index (χ2v) is 15.8. The molecule has 3 heterocycles. The van der Waals surface area contributed by atoms with Gasteiger partial charge < -0.3 is 13.9 Å². The summed E-state index contributed by atoms with van der Waals surface area (Å²) < 4.78 is 20.4. The zero-order chi connectivity index (χ0) is 23.8.